The van der Waals surface area contributed by atoms with Crippen LogP contribution in [0, 0.1) is 11.8 Å². The largest absolute Gasteiger partial charge is 0.480 e. The second-order valence-electron chi connectivity index (χ2n) is 5.06. The quantitative estimate of drug-likeness (QED) is 0.783. The summed E-state index contributed by atoms with van der Waals surface area (Å²) in [6.45, 7) is 2.95. The number of carboxylic acid groups (broad SMARTS) is 1. The molecule has 1 aliphatic carbocycles. The molecule has 0 aromatic heterocycles. The highest BCUT2D eigenvalue weighted by atomic mass is 19.4. The Labute approximate surface area is 118 Å². The molecule has 3 atom stereocenters. The third kappa shape index (κ3) is 3.43. The molecule has 0 spiro atoms. The van der Waals surface area contributed by atoms with Crippen LogP contribution in [-0.2, 0) is 9.59 Å². The van der Waals surface area contributed by atoms with E-state index in [1.165, 1.54) is 13.8 Å². The number of hydrogen-bond acceptors (Lipinski definition) is 2. The minimum absolute atomic E-state index is 0.252. The van der Waals surface area contributed by atoms with E-state index in [0.717, 1.165) is 18.2 Å². The molecule has 0 aromatic rings. The van der Waals surface area contributed by atoms with Crippen LogP contribution in [0.15, 0.2) is 24.3 Å². The summed E-state index contributed by atoms with van der Waals surface area (Å²) in [5.74, 6) is -5.45. The molecule has 1 aliphatic rings. The fourth-order valence-electron chi connectivity index (χ4n) is 1.92. The lowest BCUT2D eigenvalue weighted by molar-refractivity contribution is -0.224. The minimum Gasteiger partial charge on any atom is -0.480 e. The summed E-state index contributed by atoms with van der Waals surface area (Å²) >= 11 is 0. The van der Waals surface area contributed by atoms with Gasteiger partial charge in [0, 0.05) is 0 Å². The lowest BCUT2D eigenvalue weighted by Crippen LogP contribution is -2.55. The van der Waals surface area contributed by atoms with E-state index in [4.69, 9.17) is 5.11 Å². The Morgan fingerprint density at radius 3 is 2.29 bits per heavy atom. The molecule has 0 aromatic carbocycles. The summed E-state index contributed by atoms with van der Waals surface area (Å²) in [4.78, 5) is 22.8. The van der Waals surface area contributed by atoms with E-state index in [9.17, 15) is 27.2 Å². The Kier molecular flexibility index (Phi) is 4.80. The van der Waals surface area contributed by atoms with Crippen molar-refractivity contribution in [3.05, 3.63) is 24.3 Å². The third-order valence-corrected chi connectivity index (χ3v) is 3.15. The van der Waals surface area contributed by atoms with Gasteiger partial charge in [0.25, 0.3) is 0 Å². The number of alkyl halides is 4. The number of halogens is 4. The highest BCUT2D eigenvalue weighted by Gasteiger charge is 2.61. The van der Waals surface area contributed by atoms with Gasteiger partial charge in [-0.25, -0.2) is 9.18 Å². The monoisotopic (exact) mass is 309 g/mol. The fraction of sp³-hybridized carbons (Fsp3) is 0.538. The van der Waals surface area contributed by atoms with Gasteiger partial charge in [-0.05, 0) is 12.0 Å². The first-order chi connectivity index (χ1) is 9.50. The standard InChI is InChI=1S/C13H15F4NO3/c1-7(2)9(11(20)21)18-10(19)8-5-3-4-6-12(8,14)13(15,16)17/h3-9H,1-2H3,(H,18,19)(H,20,21)/t8?,9-,12?/m1/s1. The first-order valence-corrected chi connectivity index (χ1v) is 6.15. The van der Waals surface area contributed by atoms with Gasteiger partial charge in [0.1, 0.15) is 12.0 Å². The summed E-state index contributed by atoms with van der Waals surface area (Å²) in [6, 6.07) is -1.39. The Hall–Kier alpha value is -1.86. The molecule has 1 amide bonds. The summed E-state index contributed by atoms with van der Waals surface area (Å²) in [7, 11) is 0. The molecule has 8 heteroatoms. The van der Waals surface area contributed by atoms with Crippen molar-refractivity contribution in [1.29, 1.82) is 0 Å². The van der Waals surface area contributed by atoms with Crippen LogP contribution in [0.3, 0.4) is 0 Å². The van der Waals surface area contributed by atoms with Crippen LogP contribution in [0.1, 0.15) is 13.8 Å². The van der Waals surface area contributed by atoms with Gasteiger partial charge >= 0.3 is 12.1 Å². The Morgan fingerprint density at radius 1 is 1.29 bits per heavy atom. The normalized spacial score (nSPS) is 26.7. The Balaban J connectivity index is 3.02. The molecule has 0 heterocycles. The Morgan fingerprint density at radius 2 is 1.86 bits per heavy atom. The average molecular weight is 309 g/mol. The van der Waals surface area contributed by atoms with E-state index in [-0.39, 0.29) is 6.08 Å². The van der Waals surface area contributed by atoms with E-state index >= 15 is 0 Å². The van der Waals surface area contributed by atoms with Crippen LogP contribution in [0.4, 0.5) is 17.6 Å². The van der Waals surface area contributed by atoms with Crippen LogP contribution in [0.25, 0.3) is 0 Å². The first-order valence-electron chi connectivity index (χ1n) is 6.15. The molecular weight excluding hydrogens is 294 g/mol. The van der Waals surface area contributed by atoms with Crippen molar-refractivity contribution >= 4 is 11.9 Å². The minimum atomic E-state index is -5.28. The maximum Gasteiger partial charge on any atom is 0.427 e. The molecule has 0 bridgehead atoms. The van der Waals surface area contributed by atoms with Crippen LogP contribution in [0.2, 0.25) is 0 Å². The molecule has 118 valence electrons. The maximum atomic E-state index is 14.2. The lowest BCUT2D eigenvalue weighted by Gasteiger charge is -2.33. The summed E-state index contributed by atoms with van der Waals surface area (Å²) in [5, 5.41) is 10.9. The van der Waals surface area contributed by atoms with Crippen LogP contribution < -0.4 is 5.32 Å². The number of amides is 1. The second kappa shape index (κ2) is 5.87. The van der Waals surface area contributed by atoms with Crippen molar-refractivity contribution < 1.29 is 32.3 Å². The van der Waals surface area contributed by atoms with Gasteiger partial charge in [0.2, 0.25) is 11.6 Å². The maximum absolute atomic E-state index is 14.2. The fourth-order valence-corrected chi connectivity index (χ4v) is 1.92. The number of hydrogen-bond donors (Lipinski definition) is 2. The zero-order valence-electron chi connectivity index (χ0n) is 11.3. The molecule has 4 nitrogen and oxygen atoms in total. The number of carbonyl (C=O) groups is 2. The molecule has 0 saturated carbocycles. The number of aliphatic carboxylic acids is 1. The van der Waals surface area contributed by atoms with Gasteiger partial charge < -0.3 is 10.4 Å². The molecule has 2 N–H and O–H groups in total. The van der Waals surface area contributed by atoms with Gasteiger partial charge in [-0.1, -0.05) is 32.1 Å². The zero-order chi connectivity index (χ0) is 16.4. The van der Waals surface area contributed by atoms with E-state index in [1.54, 1.807) is 0 Å². The Bertz CT molecular complexity index is 484. The first kappa shape index (κ1) is 17.2. The predicted molar refractivity (Wildman–Crippen MR) is 66.1 cm³/mol. The molecule has 0 fully saturated rings. The van der Waals surface area contributed by atoms with Gasteiger partial charge in [-0.2, -0.15) is 13.2 Å². The highest BCUT2D eigenvalue weighted by Crippen LogP contribution is 2.43. The number of allylic oxidation sites excluding steroid dienone is 3. The molecule has 2 unspecified atom stereocenters. The van der Waals surface area contributed by atoms with Crippen molar-refractivity contribution in [3.63, 3.8) is 0 Å². The van der Waals surface area contributed by atoms with Crippen molar-refractivity contribution in [2.24, 2.45) is 11.8 Å². The van der Waals surface area contributed by atoms with Crippen molar-refractivity contribution in [3.8, 4) is 0 Å². The highest BCUT2D eigenvalue weighted by molar-refractivity contribution is 5.87. The smallest absolute Gasteiger partial charge is 0.427 e. The van der Waals surface area contributed by atoms with Crippen LogP contribution in [0.5, 0.6) is 0 Å². The second-order valence-corrected chi connectivity index (χ2v) is 5.06. The van der Waals surface area contributed by atoms with E-state index in [1.807, 2.05) is 5.32 Å². The van der Waals surface area contributed by atoms with E-state index in [0.29, 0.717) is 0 Å². The van der Waals surface area contributed by atoms with Crippen LogP contribution >= 0.6 is 0 Å². The summed E-state index contributed by atoms with van der Waals surface area (Å²) < 4.78 is 52.7. The SMILES string of the molecule is CC(C)[C@@H](NC(=O)C1C=CC=CC1(F)C(F)(F)F)C(=O)O. The molecule has 21 heavy (non-hydrogen) atoms. The van der Waals surface area contributed by atoms with Gasteiger partial charge in [0.05, 0.1) is 0 Å². The summed E-state index contributed by atoms with van der Waals surface area (Å²) in [6.07, 6.45) is -2.30. The van der Waals surface area contributed by atoms with E-state index < -0.39 is 41.6 Å². The summed E-state index contributed by atoms with van der Waals surface area (Å²) in [5.41, 5.74) is -3.86. The van der Waals surface area contributed by atoms with Gasteiger partial charge in [-0.15, -0.1) is 0 Å². The number of carbonyl (C=O) groups excluding carboxylic acids is 1. The molecule has 1 rings (SSSR count). The molecule has 0 aliphatic heterocycles. The zero-order valence-corrected chi connectivity index (χ0v) is 11.3. The van der Waals surface area contributed by atoms with Crippen LogP contribution in [-0.4, -0.2) is 34.9 Å². The van der Waals surface area contributed by atoms with E-state index in [2.05, 4.69) is 0 Å². The average Bonchev–Trinajstić information content (AvgIpc) is 2.34. The number of carboxylic acids is 1. The van der Waals surface area contributed by atoms with Gasteiger partial charge in [0.15, 0.2) is 0 Å². The van der Waals surface area contributed by atoms with Crippen molar-refractivity contribution in [1.82, 2.24) is 5.32 Å². The van der Waals surface area contributed by atoms with Crippen molar-refractivity contribution in [2.45, 2.75) is 31.7 Å². The molecule has 0 radical (unpaired) electrons. The molecule has 0 saturated heterocycles. The van der Waals surface area contributed by atoms with Gasteiger partial charge in [-0.3, -0.25) is 4.79 Å². The number of rotatable bonds is 4. The predicted octanol–water partition coefficient (Wildman–Crippen LogP) is 2.22. The third-order valence-electron chi connectivity index (χ3n) is 3.15. The van der Waals surface area contributed by atoms with Crippen molar-refractivity contribution in [2.75, 3.05) is 0 Å². The topological polar surface area (TPSA) is 66.4 Å². The number of nitrogens with one attached hydrogen (secondary N) is 1. The lowest BCUT2D eigenvalue weighted by atomic mass is 9.83. The molecular formula is C13H15F4NO3.